The maximum absolute atomic E-state index is 12.7. The molecule has 2 rings (SSSR count). The van der Waals surface area contributed by atoms with Gasteiger partial charge in [0, 0.05) is 23.7 Å². The Hall–Kier alpha value is -1.51. The lowest BCUT2D eigenvalue weighted by Gasteiger charge is -2.14. The third-order valence-electron chi connectivity index (χ3n) is 2.87. The predicted octanol–water partition coefficient (Wildman–Crippen LogP) is 3.71. The summed E-state index contributed by atoms with van der Waals surface area (Å²) in [5, 5.41) is 10.4. The molecule has 110 valence electrons. The summed E-state index contributed by atoms with van der Waals surface area (Å²) in [6.45, 7) is 4.71. The van der Waals surface area contributed by atoms with Crippen LogP contribution in [0.1, 0.15) is 20.3 Å². The van der Waals surface area contributed by atoms with Crippen molar-refractivity contribution in [2.75, 3.05) is 5.75 Å². The highest BCUT2D eigenvalue weighted by Gasteiger charge is 2.13. The quantitative estimate of drug-likeness (QED) is 0.478. The number of hydrogen-bond donors (Lipinski definition) is 0. The topological polar surface area (TPSA) is 58.7 Å². The van der Waals surface area contributed by atoms with Gasteiger partial charge in [0.1, 0.15) is 0 Å². The molecule has 21 heavy (non-hydrogen) atoms. The molecule has 0 aliphatic heterocycles. The first-order chi connectivity index (χ1) is 10.0. The molecule has 0 saturated heterocycles. The third kappa shape index (κ3) is 3.78. The zero-order valence-corrected chi connectivity index (χ0v) is 13.5. The molecule has 6 heteroatoms. The maximum Gasteiger partial charge on any atom is 0.262 e. The molecule has 4 nitrogen and oxygen atoms in total. The van der Waals surface area contributed by atoms with Crippen molar-refractivity contribution < 1.29 is 0 Å². The maximum atomic E-state index is 12.7. The fraction of sp³-hybridized carbons (Fsp3) is 0.400. The third-order valence-corrected chi connectivity index (χ3v) is 4.09. The van der Waals surface area contributed by atoms with Crippen LogP contribution in [0.4, 0.5) is 0 Å². The Labute approximate surface area is 132 Å². The first-order valence-electron chi connectivity index (χ1n) is 6.72. The van der Waals surface area contributed by atoms with Gasteiger partial charge < -0.3 is 0 Å². The van der Waals surface area contributed by atoms with Crippen molar-refractivity contribution in [3.63, 3.8) is 0 Å². The van der Waals surface area contributed by atoms with Crippen molar-refractivity contribution in [1.82, 2.24) is 9.55 Å². The lowest BCUT2D eigenvalue weighted by molar-refractivity contribution is 0.475. The van der Waals surface area contributed by atoms with Crippen LogP contribution in [0.15, 0.2) is 28.2 Å². The van der Waals surface area contributed by atoms with E-state index in [0.717, 1.165) is 0 Å². The molecule has 0 spiro atoms. The van der Waals surface area contributed by atoms with Crippen molar-refractivity contribution >= 4 is 34.3 Å². The summed E-state index contributed by atoms with van der Waals surface area (Å²) < 4.78 is 1.69. The summed E-state index contributed by atoms with van der Waals surface area (Å²) in [5.41, 5.74) is 0.569. The first-order valence-corrected chi connectivity index (χ1v) is 8.09. The number of nitrogens with zero attached hydrogens (tertiary/aromatic N) is 3. The van der Waals surface area contributed by atoms with Crippen LogP contribution in [0.2, 0.25) is 5.02 Å². The van der Waals surface area contributed by atoms with E-state index in [4.69, 9.17) is 16.9 Å². The fourth-order valence-electron chi connectivity index (χ4n) is 2.00. The van der Waals surface area contributed by atoms with Crippen LogP contribution < -0.4 is 5.56 Å². The lowest BCUT2D eigenvalue weighted by Crippen LogP contribution is -2.25. The summed E-state index contributed by atoms with van der Waals surface area (Å²) in [6.07, 6.45) is 0.431. The van der Waals surface area contributed by atoms with Gasteiger partial charge in [0.05, 0.1) is 17.0 Å². The Morgan fingerprint density at radius 1 is 1.48 bits per heavy atom. The van der Waals surface area contributed by atoms with Crippen LogP contribution in [0.3, 0.4) is 0 Å². The normalized spacial score (nSPS) is 11.0. The van der Waals surface area contributed by atoms with Crippen molar-refractivity contribution in [2.24, 2.45) is 5.92 Å². The molecule has 2 aromatic rings. The molecular formula is C15H16ClN3OS. The molecule has 0 N–H and O–H groups in total. The Bertz CT molecular complexity index is 749. The average Bonchev–Trinajstić information content (AvgIpc) is 2.43. The van der Waals surface area contributed by atoms with E-state index in [9.17, 15) is 4.79 Å². The second kappa shape index (κ2) is 6.97. The Balaban J connectivity index is 2.56. The minimum atomic E-state index is -0.0735. The summed E-state index contributed by atoms with van der Waals surface area (Å²) >= 11 is 7.42. The molecule has 1 aromatic carbocycles. The van der Waals surface area contributed by atoms with Crippen molar-refractivity contribution in [2.45, 2.75) is 32.0 Å². The molecule has 0 saturated carbocycles. The van der Waals surface area contributed by atoms with E-state index in [2.05, 4.69) is 24.9 Å². The van der Waals surface area contributed by atoms with Crippen LogP contribution in [0, 0.1) is 17.2 Å². The Morgan fingerprint density at radius 3 is 2.90 bits per heavy atom. The number of halogens is 1. The number of aromatic nitrogens is 2. The van der Waals surface area contributed by atoms with Crippen molar-refractivity contribution in [1.29, 1.82) is 5.26 Å². The second-order valence-electron chi connectivity index (χ2n) is 5.12. The van der Waals surface area contributed by atoms with E-state index in [1.54, 1.807) is 22.8 Å². The molecule has 1 aromatic heterocycles. The summed E-state index contributed by atoms with van der Waals surface area (Å²) in [7, 11) is 0. The van der Waals surface area contributed by atoms with Crippen LogP contribution >= 0.6 is 23.4 Å². The Kier molecular flexibility index (Phi) is 5.27. The number of thioether (sulfide) groups is 1. The minimum Gasteiger partial charge on any atom is -0.287 e. The molecule has 0 bridgehead atoms. The summed E-state index contributed by atoms with van der Waals surface area (Å²) in [4.78, 5) is 17.2. The zero-order valence-electron chi connectivity index (χ0n) is 12.0. The number of hydrogen-bond acceptors (Lipinski definition) is 4. The van der Waals surface area contributed by atoms with Gasteiger partial charge in [-0.05, 0) is 24.1 Å². The van der Waals surface area contributed by atoms with E-state index >= 15 is 0 Å². The van der Waals surface area contributed by atoms with Gasteiger partial charge in [0.15, 0.2) is 5.16 Å². The average molecular weight is 322 g/mol. The minimum absolute atomic E-state index is 0.0735. The Morgan fingerprint density at radius 2 is 2.24 bits per heavy atom. The zero-order chi connectivity index (χ0) is 15.4. The van der Waals surface area contributed by atoms with Gasteiger partial charge in [0.2, 0.25) is 0 Å². The van der Waals surface area contributed by atoms with Gasteiger partial charge in [-0.2, -0.15) is 5.26 Å². The summed E-state index contributed by atoms with van der Waals surface area (Å²) in [5.74, 6) is 0.955. The predicted molar refractivity (Wildman–Crippen MR) is 86.8 cm³/mol. The monoisotopic (exact) mass is 321 g/mol. The van der Waals surface area contributed by atoms with Crippen LogP contribution in [0.5, 0.6) is 0 Å². The molecule has 0 aliphatic rings. The van der Waals surface area contributed by atoms with Gasteiger partial charge in [-0.3, -0.25) is 9.36 Å². The van der Waals surface area contributed by atoms with Gasteiger partial charge in [-0.1, -0.05) is 37.2 Å². The fourth-order valence-corrected chi connectivity index (χ4v) is 3.02. The van der Waals surface area contributed by atoms with E-state index in [0.29, 0.717) is 45.7 Å². The van der Waals surface area contributed by atoms with Crippen molar-refractivity contribution in [3.8, 4) is 6.07 Å². The smallest absolute Gasteiger partial charge is 0.262 e. The standard InChI is InChI=1S/C15H16ClN3OS/c1-10(2)9-19-14(20)12-8-11(16)4-5-13(12)18-15(19)21-7-3-6-17/h4-5,8,10H,3,7,9H2,1-2H3. The lowest BCUT2D eigenvalue weighted by atomic mass is 10.2. The molecule has 0 atom stereocenters. The second-order valence-corrected chi connectivity index (χ2v) is 6.62. The molecule has 0 amide bonds. The molecule has 0 radical (unpaired) electrons. The van der Waals surface area contributed by atoms with Crippen molar-refractivity contribution in [3.05, 3.63) is 33.6 Å². The molecule has 0 unspecified atom stereocenters. The number of benzene rings is 1. The van der Waals surface area contributed by atoms with Crippen LogP contribution in [-0.2, 0) is 6.54 Å². The highest BCUT2D eigenvalue weighted by molar-refractivity contribution is 7.99. The highest BCUT2D eigenvalue weighted by atomic mass is 35.5. The number of fused-ring (bicyclic) bond motifs is 1. The van der Waals surface area contributed by atoms with E-state index < -0.39 is 0 Å². The SMILES string of the molecule is CC(C)Cn1c(SCCC#N)nc2ccc(Cl)cc2c1=O. The van der Waals surface area contributed by atoms with E-state index in [1.165, 1.54) is 11.8 Å². The molecular weight excluding hydrogens is 306 g/mol. The largest absolute Gasteiger partial charge is 0.287 e. The molecule has 0 aliphatic carbocycles. The van der Waals surface area contributed by atoms with E-state index in [1.807, 2.05) is 0 Å². The van der Waals surface area contributed by atoms with Crippen LogP contribution in [0.25, 0.3) is 10.9 Å². The highest BCUT2D eigenvalue weighted by Crippen LogP contribution is 2.21. The van der Waals surface area contributed by atoms with E-state index in [-0.39, 0.29) is 5.56 Å². The van der Waals surface area contributed by atoms with Gasteiger partial charge in [0.25, 0.3) is 5.56 Å². The van der Waals surface area contributed by atoms with Gasteiger partial charge in [-0.25, -0.2) is 4.98 Å². The first kappa shape index (κ1) is 15.9. The van der Waals surface area contributed by atoms with Crippen LogP contribution in [-0.4, -0.2) is 15.3 Å². The molecule has 0 fully saturated rings. The number of rotatable bonds is 5. The summed E-state index contributed by atoms with van der Waals surface area (Å²) in [6, 6.07) is 7.25. The van der Waals surface area contributed by atoms with Gasteiger partial charge in [-0.15, -0.1) is 0 Å². The number of nitriles is 1. The molecule has 1 heterocycles. The van der Waals surface area contributed by atoms with Gasteiger partial charge >= 0.3 is 0 Å².